The quantitative estimate of drug-likeness (QED) is 0.726. The lowest BCUT2D eigenvalue weighted by Crippen LogP contribution is -2.22. The van der Waals surface area contributed by atoms with Crippen LogP contribution < -0.4 is 4.90 Å². The van der Waals surface area contributed by atoms with Crippen LogP contribution in [-0.2, 0) is 6.61 Å². The zero-order valence-corrected chi connectivity index (χ0v) is 11.6. The van der Waals surface area contributed by atoms with E-state index >= 15 is 0 Å². The van der Waals surface area contributed by atoms with Crippen LogP contribution in [0.3, 0.4) is 0 Å². The Morgan fingerprint density at radius 3 is 2.50 bits per heavy atom. The normalized spacial score (nSPS) is 10.7. The Hall–Kier alpha value is -1.13. The number of pyridine rings is 1. The van der Waals surface area contributed by atoms with Crippen LogP contribution >= 0.6 is 0 Å². The molecule has 2 N–H and O–H groups in total. The van der Waals surface area contributed by atoms with Gasteiger partial charge in [0.25, 0.3) is 0 Å². The minimum absolute atomic E-state index is 0.0232. The van der Waals surface area contributed by atoms with Crippen molar-refractivity contribution in [3.63, 3.8) is 0 Å². The van der Waals surface area contributed by atoms with E-state index in [2.05, 4.69) is 9.88 Å². The highest BCUT2D eigenvalue weighted by atomic mass is 16.3. The molecule has 0 saturated heterocycles. The molecule has 4 heteroatoms. The fourth-order valence-corrected chi connectivity index (χ4v) is 2.10. The highest BCUT2D eigenvalue weighted by molar-refractivity contribution is 5.50. The van der Waals surface area contributed by atoms with E-state index in [4.69, 9.17) is 5.11 Å². The standard InChI is InChI=1S/C14H24N2O2/c1-11-9-12(2)15-14(13(11)10-18)16(3)7-5-4-6-8-17/h9,17-18H,4-8,10H2,1-3H3. The summed E-state index contributed by atoms with van der Waals surface area (Å²) in [5.41, 5.74) is 2.97. The molecule has 0 bridgehead atoms. The molecule has 0 saturated carbocycles. The number of aliphatic hydroxyl groups is 2. The van der Waals surface area contributed by atoms with Crippen molar-refractivity contribution >= 4 is 5.82 Å². The van der Waals surface area contributed by atoms with Gasteiger partial charge in [0.1, 0.15) is 5.82 Å². The highest BCUT2D eigenvalue weighted by Crippen LogP contribution is 2.22. The number of hydrogen-bond donors (Lipinski definition) is 2. The third kappa shape index (κ3) is 3.96. The summed E-state index contributed by atoms with van der Waals surface area (Å²) in [6.07, 6.45) is 2.89. The molecule has 1 aromatic rings. The van der Waals surface area contributed by atoms with Gasteiger partial charge in [0.15, 0.2) is 0 Å². The number of rotatable bonds is 7. The minimum Gasteiger partial charge on any atom is -0.396 e. The van der Waals surface area contributed by atoms with Crippen LogP contribution in [0.25, 0.3) is 0 Å². The van der Waals surface area contributed by atoms with Crippen LogP contribution in [0, 0.1) is 13.8 Å². The van der Waals surface area contributed by atoms with Gasteiger partial charge < -0.3 is 15.1 Å². The molecule has 0 atom stereocenters. The van der Waals surface area contributed by atoms with Crippen molar-refractivity contribution < 1.29 is 10.2 Å². The van der Waals surface area contributed by atoms with Gasteiger partial charge in [-0.15, -0.1) is 0 Å². The molecular weight excluding hydrogens is 228 g/mol. The smallest absolute Gasteiger partial charge is 0.134 e. The van der Waals surface area contributed by atoms with Gasteiger partial charge in [-0.25, -0.2) is 4.98 Å². The summed E-state index contributed by atoms with van der Waals surface area (Å²) in [5, 5.41) is 18.2. The molecule has 0 unspecified atom stereocenters. The van der Waals surface area contributed by atoms with Crippen molar-refractivity contribution in [1.82, 2.24) is 4.98 Å². The van der Waals surface area contributed by atoms with Gasteiger partial charge in [0, 0.05) is 31.5 Å². The van der Waals surface area contributed by atoms with Gasteiger partial charge in [0.2, 0.25) is 0 Å². The maximum atomic E-state index is 9.45. The van der Waals surface area contributed by atoms with Gasteiger partial charge in [0.05, 0.1) is 6.61 Å². The highest BCUT2D eigenvalue weighted by Gasteiger charge is 2.11. The second-order valence-corrected chi connectivity index (χ2v) is 4.75. The fourth-order valence-electron chi connectivity index (χ4n) is 2.10. The average Bonchev–Trinajstić information content (AvgIpc) is 2.33. The molecule has 1 heterocycles. The topological polar surface area (TPSA) is 56.6 Å². The zero-order chi connectivity index (χ0) is 13.5. The van der Waals surface area contributed by atoms with Crippen molar-refractivity contribution in [3.8, 4) is 0 Å². The lowest BCUT2D eigenvalue weighted by Gasteiger charge is -2.22. The van der Waals surface area contributed by atoms with Crippen molar-refractivity contribution in [1.29, 1.82) is 0 Å². The Kier molecular flexibility index (Phi) is 6.09. The largest absolute Gasteiger partial charge is 0.396 e. The molecule has 0 fully saturated rings. The number of aliphatic hydroxyl groups excluding tert-OH is 2. The van der Waals surface area contributed by atoms with Crippen LogP contribution in [0.15, 0.2) is 6.07 Å². The number of nitrogens with zero attached hydrogens (tertiary/aromatic N) is 2. The Morgan fingerprint density at radius 2 is 1.89 bits per heavy atom. The lowest BCUT2D eigenvalue weighted by molar-refractivity contribution is 0.280. The van der Waals surface area contributed by atoms with E-state index in [0.717, 1.165) is 48.4 Å². The van der Waals surface area contributed by atoms with Crippen molar-refractivity contribution in [2.75, 3.05) is 25.1 Å². The summed E-state index contributed by atoms with van der Waals surface area (Å²) in [7, 11) is 2.00. The number of aromatic nitrogens is 1. The van der Waals surface area contributed by atoms with Gasteiger partial charge in [-0.05, 0) is 44.7 Å². The number of unbranched alkanes of at least 4 members (excludes halogenated alkanes) is 2. The second-order valence-electron chi connectivity index (χ2n) is 4.75. The predicted octanol–water partition coefficient (Wildman–Crippen LogP) is 1.79. The third-order valence-corrected chi connectivity index (χ3v) is 3.12. The molecule has 0 amide bonds. The first kappa shape index (κ1) is 14.9. The summed E-state index contributed by atoms with van der Waals surface area (Å²) in [5.74, 6) is 0.874. The van der Waals surface area contributed by atoms with Crippen LogP contribution in [-0.4, -0.2) is 35.4 Å². The maximum absolute atomic E-state index is 9.45. The second kappa shape index (κ2) is 7.34. The molecule has 0 spiro atoms. The molecular formula is C14H24N2O2. The van der Waals surface area contributed by atoms with Crippen LogP contribution in [0.2, 0.25) is 0 Å². The SMILES string of the molecule is Cc1cc(C)c(CO)c(N(C)CCCCCO)n1. The molecule has 0 aliphatic heterocycles. The van der Waals surface area contributed by atoms with Gasteiger partial charge in [-0.1, -0.05) is 0 Å². The Bertz CT molecular complexity index is 380. The number of hydrogen-bond acceptors (Lipinski definition) is 4. The van der Waals surface area contributed by atoms with E-state index in [-0.39, 0.29) is 13.2 Å². The van der Waals surface area contributed by atoms with E-state index in [1.807, 2.05) is 27.0 Å². The van der Waals surface area contributed by atoms with Crippen LogP contribution in [0.4, 0.5) is 5.82 Å². The molecule has 1 aromatic heterocycles. The van der Waals surface area contributed by atoms with Crippen LogP contribution in [0.1, 0.15) is 36.1 Å². The number of anilines is 1. The Morgan fingerprint density at radius 1 is 1.17 bits per heavy atom. The van der Waals surface area contributed by atoms with E-state index in [0.29, 0.717) is 0 Å². The van der Waals surface area contributed by atoms with E-state index in [1.54, 1.807) is 0 Å². The molecule has 0 aromatic carbocycles. The monoisotopic (exact) mass is 252 g/mol. The minimum atomic E-state index is 0.0232. The molecule has 0 aliphatic carbocycles. The molecule has 0 aliphatic rings. The molecule has 1 rings (SSSR count). The maximum Gasteiger partial charge on any atom is 0.134 e. The molecule has 4 nitrogen and oxygen atoms in total. The van der Waals surface area contributed by atoms with Crippen molar-refractivity contribution in [2.45, 2.75) is 39.7 Å². The van der Waals surface area contributed by atoms with E-state index in [1.165, 1.54) is 0 Å². The first-order chi connectivity index (χ1) is 8.60. The van der Waals surface area contributed by atoms with Crippen molar-refractivity contribution in [3.05, 3.63) is 22.9 Å². The van der Waals surface area contributed by atoms with Gasteiger partial charge >= 0.3 is 0 Å². The summed E-state index contributed by atoms with van der Waals surface area (Å²) >= 11 is 0. The van der Waals surface area contributed by atoms with E-state index < -0.39 is 0 Å². The first-order valence-corrected chi connectivity index (χ1v) is 6.50. The Labute approximate surface area is 109 Å². The van der Waals surface area contributed by atoms with Gasteiger partial charge in [-0.3, -0.25) is 0 Å². The fraction of sp³-hybridized carbons (Fsp3) is 0.643. The molecule has 0 radical (unpaired) electrons. The molecule has 18 heavy (non-hydrogen) atoms. The summed E-state index contributed by atoms with van der Waals surface area (Å²) in [6.45, 7) is 5.15. The van der Waals surface area contributed by atoms with Crippen LogP contribution in [0.5, 0.6) is 0 Å². The number of aryl methyl sites for hydroxylation is 2. The first-order valence-electron chi connectivity index (χ1n) is 6.50. The average molecular weight is 252 g/mol. The third-order valence-electron chi connectivity index (χ3n) is 3.12. The lowest BCUT2D eigenvalue weighted by atomic mass is 10.1. The zero-order valence-electron chi connectivity index (χ0n) is 11.6. The predicted molar refractivity (Wildman–Crippen MR) is 73.8 cm³/mol. The summed E-state index contributed by atoms with van der Waals surface area (Å²) in [6, 6.07) is 1.99. The Balaban J connectivity index is 2.74. The molecule has 102 valence electrons. The van der Waals surface area contributed by atoms with Gasteiger partial charge in [-0.2, -0.15) is 0 Å². The summed E-state index contributed by atoms with van der Waals surface area (Å²) in [4.78, 5) is 6.61. The summed E-state index contributed by atoms with van der Waals surface area (Å²) < 4.78 is 0. The van der Waals surface area contributed by atoms with Crippen molar-refractivity contribution in [2.24, 2.45) is 0 Å². The van der Waals surface area contributed by atoms with E-state index in [9.17, 15) is 5.11 Å².